The summed E-state index contributed by atoms with van der Waals surface area (Å²) in [6, 6.07) is 38.1. The van der Waals surface area contributed by atoms with Crippen molar-refractivity contribution in [2.24, 2.45) is 11.8 Å². The van der Waals surface area contributed by atoms with E-state index >= 15 is 0 Å². The molecular formula is C59H59FN2O8S2. The van der Waals surface area contributed by atoms with Crippen molar-refractivity contribution in [3.8, 4) is 46.0 Å². The van der Waals surface area contributed by atoms with Gasteiger partial charge in [0.15, 0.2) is 11.5 Å². The van der Waals surface area contributed by atoms with Crippen LogP contribution < -0.4 is 18.9 Å². The Bertz CT molecular complexity index is 3130. The van der Waals surface area contributed by atoms with Gasteiger partial charge in [-0.15, -0.1) is 22.7 Å². The Labute approximate surface area is 427 Å². The lowest BCUT2D eigenvalue weighted by Crippen LogP contribution is -2.22. The fourth-order valence-corrected chi connectivity index (χ4v) is 11.3. The number of phenols is 2. The number of carbonyl (C=O) groups excluding carboxylic acids is 2. The van der Waals surface area contributed by atoms with E-state index in [-0.39, 0.29) is 27.7 Å². The number of thiophene rings is 2. The third-order valence-corrected chi connectivity index (χ3v) is 15.2. The molecule has 0 amide bonds. The third-order valence-electron chi connectivity index (χ3n) is 13.0. The quantitative estimate of drug-likeness (QED) is 0.0635. The van der Waals surface area contributed by atoms with E-state index in [4.69, 9.17) is 18.9 Å². The SMILES string of the molecule is C[C@@H]1CCN(CCCOc2ccc(Oc3c(C(=O)c4ccccc4F)sc4cc(O)ccc34)cc2)C1.Cc1ccc(C(=O)c2sc3cc(O)ccc3c2Oc2ccc(OCCCN3CC[C@@H](C)C3)cc2)cc1. The van der Waals surface area contributed by atoms with Crippen LogP contribution in [0.4, 0.5) is 4.39 Å². The molecule has 2 aliphatic heterocycles. The summed E-state index contributed by atoms with van der Waals surface area (Å²) in [5.41, 5.74) is 1.68. The van der Waals surface area contributed by atoms with Gasteiger partial charge in [0.05, 0.1) is 18.8 Å². The summed E-state index contributed by atoms with van der Waals surface area (Å²) in [6.07, 6.45) is 4.54. The lowest BCUT2D eigenvalue weighted by Gasteiger charge is -2.15. The molecule has 2 N–H and O–H groups in total. The standard InChI is InChI=1S/C30H31NO4S.C29H28FNO4S/c1-20-4-6-22(7-5-20)28(33)30-29(26-13-8-23(32)18-27(26)36-30)35-25-11-9-24(10-12-25)34-17-3-15-31-16-14-21(2)19-31;1-19-13-15-31(18-19)14-4-16-34-21-8-10-22(11-9-21)35-28-24-12-7-20(32)17-26(24)36-29(28)27(33)23-5-2-3-6-25(23)30/h4-13,18,21,32H,3,14-17,19H2,1-2H3;2-3,5-12,17,19,32H,4,13-16,18H2,1H3/t21-;19-/m11/s1. The first-order chi connectivity index (χ1) is 34.9. The number of benzene rings is 6. The van der Waals surface area contributed by atoms with Crippen molar-refractivity contribution < 1.29 is 43.1 Å². The number of hydrogen-bond donors (Lipinski definition) is 2. The van der Waals surface area contributed by atoms with Gasteiger partial charge in [0, 0.05) is 51.9 Å². The van der Waals surface area contributed by atoms with Gasteiger partial charge in [0.2, 0.25) is 11.6 Å². The van der Waals surface area contributed by atoms with E-state index in [1.807, 2.05) is 67.6 Å². The number of ether oxygens (including phenoxy) is 4. The fraction of sp³-hybridized carbons (Fsp3) is 0.288. The van der Waals surface area contributed by atoms with Crippen LogP contribution in [0.3, 0.4) is 0 Å². The van der Waals surface area contributed by atoms with Gasteiger partial charge >= 0.3 is 0 Å². The molecule has 0 spiro atoms. The zero-order valence-electron chi connectivity index (χ0n) is 40.8. The molecule has 8 aromatic rings. The number of hydrogen-bond acceptors (Lipinski definition) is 12. The van der Waals surface area contributed by atoms with Crippen LogP contribution in [-0.4, -0.2) is 84.1 Å². The van der Waals surface area contributed by atoms with Crippen LogP contribution in [-0.2, 0) is 0 Å². The third kappa shape index (κ3) is 12.5. The second kappa shape index (κ2) is 23.2. The Balaban J connectivity index is 0.000000178. The molecule has 4 heterocycles. The number of fused-ring (bicyclic) bond motifs is 2. The number of nitrogens with zero attached hydrogens (tertiary/aromatic N) is 2. The maximum atomic E-state index is 14.4. The number of aromatic hydroxyl groups is 2. The molecule has 0 unspecified atom stereocenters. The lowest BCUT2D eigenvalue weighted by atomic mass is 10.1. The van der Waals surface area contributed by atoms with E-state index in [0.29, 0.717) is 56.7 Å². The molecular weight excluding hydrogens is 948 g/mol. The van der Waals surface area contributed by atoms with Gasteiger partial charge in [0.25, 0.3) is 0 Å². The summed E-state index contributed by atoms with van der Waals surface area (Å²) in [7, 11) is 0. The summed E-state index contributed by atoms with van der Waals surface area (Å²) in [6.45, 7) is 14.8. The zero-order chi connectivity index (χ0) is 50.1. The van der Waals surface area contributed by atoms with Gasteiger partial charge in [0.1, 0.15) is 50.1 Å². The highest BCUT2D eigenvalue weighted by Gasteiger charge is 2.26. The largest absolute Gasteiger partial charge is 0.508 e. The monoisotopic (exact) mass is 1010 g/mol. The zero-order valence-corrected chi connectivity index (χ0v) is 42.4. The van der Waals surface area contributed by atoms with Crippen LogP contribution in [0.25, 0.3) is 20.2 Å². The fourth-order valence-electron chi connectivity index (χ4n) is 9.09. The summed E-state index contributed by atoms with van der Waals surface area (Å²) in [4.78, 5) is 32.4. The molecule has 2 saturated heterocycles. The highest BCUT2D eigenvalue weighted by atomic mass is 32.1. The van der Waals surface area contributed by atoms with E-state index in [1.165, 1.54) is 73.8 Å². The second-order valence-corrected chi connectivity index (χ2v) is 20.9. The van der Waals surface area contributed by atoms with Crippen LogP contribution in [0.1, 0.15) is 75.6 Å². The number of halogens is 1. The van der Waals surface area contributed by atoms with Gasteiger partial charge in [-0.25, -0.2) is 4.39 Å². The number of ketones is 2. The maximum absolute atomic E-state index is 14.4. The minimum absolute atomic E-state index is 0.0229. The molecule has 2 atom stereocenters. The van der Waals surface area contributed by atoms with Crippen molar-refractivity contribution in [3.63, 3.8) is 0 Å². The average molecular weight is 1010 g/mol. The first-order valence-electron chi connectivity index (χ1n) is 24.6. The molecule has 2 aromatic heterocycles. The predicted octanol–water partition coefficient (Wildman–Crippen LogP) is 13.9. The predicted molar refractivity (Wildman–Crippen MR) is 285 cm³/mol. The summed E-state index contributed by atoms with van der Waals surface area (Å²) >= 11 is 2.49. The smallest absolute Gasteiger partial charge is 0.209 e. The minimum atomic E-state index is -0.588. The van der Waals surface area contributed by atoms with Crippen LogP contribution in [0.2, 0.25) is 0 Å². The van der Waals surface area contributed by atoms with Crippen LogP contribution in [0, 0.1) is 24.6 Å². The normalized spacial score (nSPS) is 15.9. The Hall–Kier alpha value is -6.77. The van der Waals surface area contributed by atoms with Crippen molar-refractivity contribution in [2.75, 3.05) is 52.5 Å². The Morgan fingerprint density at radius 1 is 0.597 bits per heavy atom. The minimum Gasteiger partial charge on any atom is -0.508 e. The van der Waals surface area contributed by atoms with E-state index in [2.05, 4.69) is 23.6 Å². The number of rotatable bonds is 18. The maximum Gasteiger partial charge on any atom is 0.209 e. The van der Waals surface area contributed by atoms with E-state index < -0.39 is 11.6 Å². The lowest BCUT2D eigenvalue weighted by molar-refractivity contribution is 0.103. The summed E-state index contributed by atoms with van der Waals surface area (Å²) < 4.78 is 40.1. The van der Waals surface area contributed by atoms with Crippen molar-refractivity contribution in [1.82, 2.24) is 9.80 Å². The number of phenolic OH excluding ortho intramolecular Hbond substituents is 2. The molecule has 372 valence electrons. The molecule has 13 heteroatoms. The first kappa shape index (κ1) is 50.2. The van der Waals surface area contributed by atoms with Crippen molar-refractivity contribution in [2.45, 2.75) is 46.5 Å². The van der Waals surface area contributed by atoms with Crippen LogP contribution in [0.5, 0.6) is 46.0 Å². The van der Waals surface area contributed by atoms with Crippen molar-refractivity contribution in [3.05, 3.63) is 166 Å². The van der Waals surface area contributed by atoms with Crippen LogP contribution in [0.15, 0.2) is 133 Å². The second-order valence-electron chi connectivity index (χ2n) is 18.8. The number of aryl methyl sites for hydroxylation is 1. The van der Waals surface area contributed by atoms with Crippen molar-refractivity contribution >= 4 is 54.4 Å². The molecule has 0 saturated carbocycles. The van der Waals surface area contributed by atoms with E-state index in [1.54, 1.807) is 60.7 Å². The van der Waals surface area contributed by atoms with Gasteiger partial charge < -0.3 is 39.0 Å². The van der Waals surface area contributed by atoms with Crippen LogP contribution >= 0.6 is 22.7 Å². The summed E-state index contributed by atoms with van der Waals surface area (Å²) in [5.74, 6) is 4.24. The Morgan fingerprint density at radius 2 is 1.06 bits per heavy atom. The molecule has 2 fully saturated rings. The molecule has 0 radical (unpaired) electrons. The van der Waals surface area contributed by atoms with Gasteiger partial charge in [-0.1, -0.05) is 55.8 Å². The molecule has 10 nitrogen and oxygen atoms in total. The molecule has 72 heavy (non-hydrogen) atoms. The summed E-state index contributed by atoms with van der Waals surface area (Å²) in [5, 5.41) is 21.4. The van der Waals surface area contributed by atoms with Gasteiger partial charge in [-0.3, -0.25) is 9.59 Å². The highest BCUT2D eigenvalue weighted by molar-refractivity contribution is 7.22. The Morgan fingerprint density at radius 3 is 1.51 bits per heavy atom. The first-order valence-corrected chi connectivity index (χ1v) is 26.2. The number of likely N-dealkylation sites (tertiary alicyclic amines) is 2. The van der Waals surface area contributed by atoms with Gasteiger partial charge in [-0.05, 0) is 155 Å². The number of carbonyl (C=O) groups is 2. The molecule has 10 rings (SSSR count). The Kier molecular flexibility index (Phi) is 16.2. The van der Waals surface area contributed by atoms with Crippen molar-refractivity contribution in [1.29, 1.82) is 0 Å². The molecule has 0 bridgehead atoms. The van der Waals surface area contributed by atoms with Gasteiger partial charge in [-0.2, -0.15) is 0 Å². The molecule has 2 aliphatic rings. The highest BCUT2D eigenvalue weighted by Crippen LogP contribution is 2.44. The van der Waals surface area contributed by atoms with E-state index in [0.717, 1.165) is 64.9 Å². The molecule has 6 aromatic carbocycles. The average Bonchev–Trinajstić information content (AvgIpc) is 4.18. The molecule has 0 aliphatic carbocycles. The topological polar surface area (TPSA) is 118 Å². The van der Waals surface area contributed by atoms with E-state index in [9.17, 15) is 24.2 Å².